The number of nitrogens with zero attached hydrogens (tertiary/aromatic N) is 1. The summed E-state index contributed by atoms with van der Waals surface area (Å²) in [6, 6.07) is 4.44. The van der Waals surface area contributed by atoms with Crippen molar-refractivity contribution in [1.29, 1.82) is 0 Å². The number of aromatic nitrogens is 1. The van der Waals surface area contributed by atoms with Crippen LogP contribution in [0.2, 0.25) is 0 Å². The summed E-state index contributed by atoms with van der Waals surface area (Å²) in [7, 11) is 0. The zero-order valence-corrected chi connectivity index (χ0v) is 9.49. The molecule has 0 fully saturated rings. The molecule has 1 heteroatoms. The molecule has 2 atom stereocenters. The molecule has 0 N–H and O–H groups in total. The normalized spacial score (nSPS) is 25.0. The van der Waals surface area contributed by atoms with E-state index < -0.39 is 0 Å². The highest BCUT2D eigenvalue weighted by molar-refractivity contribution is 5.31. The predicted octanol–water partition coefficient (Wildman–Crippen LogP) is 3.57. The molecule has 2 aliphatic rings. The Bertz CT molecular complexity index is 278. The molecule has 3 rings (SSSR count). The lowest BCUT2D eigenvalue weighted by Crippen LogP contribution is -2.26. The Morgan fingerprint density at radius 1 is 1.00 bits per heavy atom. The van der Waals surface area contributed by atoms with Crippen molar-refractivity contribution in [3.8, 4) is 0 Å². The fourth-order valence-electron chi connectivity index (χ4n) is 2.76. The van der Waals surface area contributed by atoms with Gasteiger partial charge in [0, 0.05) is 17.8 Å². The fourth-order valence-corrected chi connectivity index (χ4v) is 2.76. The van der Waals surface area contributed by atoms with E-state index in [-0.39, 0.29) is 0 Å². The van der Waals surface area contributed by atoms with Crippen LogP contribution < -0.4 is 0 Å². The first-order chi connectivity index (χ1) is 6.61. The summed E-state index contributed by atoms with van der Waals surface area (Å²) < 4.78 is 0. The van der Waals surface area contributed by atoms with Gasteiger partial charge >= 0.3 is 0 Å². The zero-order valence-electron chi connectivity index (χ0n) is 9.49. The van der Waals surface area contributed by atoms with Gasteiger partial charge in [-0.25, -0.2) is 0 Å². The average molecular weight is 189 g/mol. The molecule has 0 spiro atoms. The van der Waals surface area contributed by atoms with Gasteiger partial charge in [0.1, 0.15) is 0 Å². The van der Waals surface area contributed by atoms with Crippen molar-refractivity contribution in [2.24, 2.45) is 11.8 Å². The lowest BCUT2D eigenvalue weighted by atomic mass is 9.69. The first-order valence-electron chi connectivity index (χ1n) is 5.57. The maximum Gasteiger partial charge on any atom is 0.0443 e. The second kappa shape index (κ2) is 3.38. The maximum atomic E-state index is 4.50. The van der Waals surface area contributed by atoms with E-state index in [2.05, 4.69) is 51.0 Å². The highest BCUT2D eigenvalue weighted by Gasteiger charge is 2.34. The van der Waals surface area contributed by atoms with Crippen LogP contribution in [0.1, 0.15) is 50.8 Å². The molecular weight excluding hydrogens is 170 g/mol. The molecule has 1 aliphatic carbocycles. The Labute approximate surface area is 86.6 Å². The second-order valence-electron chi connectivity index (χ2n) is 5.06. The van der Waals surface area contributed by atoms with Crippen LogP contribution >= 0.6 is 0 Å². The van der Waals surface area contributed by atoms with Gasteiger partial charge in [0.2, 0.25) is 0 Å². The van der Waals surface area contributed by atoms with Gasteiger partial charge in [-0.15, -0.1) is 0 Å². The third-order valence-corrected chi connectivity index (χ3v) is 3.36. The number of hydrogen-bond acceptors (Lipinski definition) is 1. The third-order valence-electron chi connectivity index (χ3n) is 3.36. The van der Waals surface area contributed by atoms with Crippen molar-refractivity contribution < 1.29 is 0 Å². The molecule has 1 aromatic rings. The first-order valence-corrected chi connectivity index (χ1v) is 5.57. The van der Waals surface area contributed by atoms with E-state index in [1.165, 1.54) is 11.3 Å². The predicted molar refractivity (Wildman–Crippen MR) is 59.4 cm³/mol. The number of hydrogen-bond donors (Lipinski definition) is 0. The summed E-state index contributed by atoms with van der Waals surface area (Å²) in [6.07, 6.45) is 2.05. The van der Waals surface area contributed by atoms with Crippen molar-refractivity contribution >= 4 is 0 Å². The van der Waals surface area contributed by atoms with E-state index in [4.69, 9.17) is 0 Å². The highest BCUT2D eigenvalue weighted by atomic mass is 14.7. The summed E-state index contributed by atoms with van der Waals surface area (Å²) in [5.74, 6) is 2.73. The van der Waals surface area contributed by atoms with Crippen LogP contribution in [0.5, 0.6) is 0 Å². The Morgan fingerprint density at radius 2 is 1.64 bits per heavy atom. The summed E-state index contributed by atoms with van der Waals surface area (Å²) in [5, 5.41) is 0. The lowest BCUT2D eigenvalue weighted by molar-refractivity contribution is 0.330. The lowest BCUT2D eigenvalue weighted by Gasteiger charge is -2.36. The van der Waals surface area contributed by atoms with E-state index >= 15 is 0 Å². The molecule has 14 heavy (non-hydrogen) atoms. The third kappa shape index (κ3) is 1.35. The Kier molecular flexibility index (Phi) is 2.34. The van der Waals surface area contributed by atoms with Crippen LogP contribution in [0.25, 0.3) is 0 Å². The minimum absolute atomic E-state index is 0.639. The summed E-state index contributed by atoms with van der Waals surface area (Å²) in [4.78, 5) is 4.50. The van der Waals surface area contributed by atoms with Crippen molar-refractivity contribution in [3.05, 3.63) is 29.6 Å². The zero-order chi connectivity index (χ0) is 10.3. The van der Waals surface area contributed by atoms with Gasteiger partial charge in [-0.1, -0.05) is 33.8 Å². The molecule has 1 aromatic heterocycles. The van der Waals surface area contributed by atoms with Gasteiger partial charge < -0.3 is 0 Å². The molecule has 0 saturated heterocycles. The van der Waals surface area contributed by atoms with E-state index in [0.717, 1.165) is 0 Å². The van der Waals surface area contributed by atoms with E-state index in [1.807, 2.05) is 0 Å². The first kappa shape index (κ1) is 9.70. The van der Waals surface area contributed by atoms with Gasteiger partial charge in [-0.2, -0.15) is 0 Å². The standard InChI is InChI=1S/C13H19N/c1-8(2)12-10-5-6-11(14-7-10)13(12)9(3)4/h5-9,12-13H,1-4H3. The highest BCUT2D eigenvalue weighted by Crippen LogP contribution is 2.45. The van der Waals surface area contributed by atoms with Gasteiger partial charge in [0.05, 0.1) is 0 Å². The molecule has 2 heterocycles. The average Bonchev–Trinajstić information content (AvgIpc) is 2.17. The van der Waals surface area contributed by atoms with E-state index in [1.54, 1.807) is 0 Å². The van der Waals surface area contributed by atoms with Crippen molar-refractivity contribution in [2.45, 2.75) is 39.5 Å². The van der Waals surface area contributed by atoms with Gasteiger partial charge in [-0.3, -0.25) is 4.98 Å². The SMILES string of the molecule is CC(C)C1c2ccc(nc2)C1C(C)C. The number of rotatable bonds is 2. The topological polar surface area (TPSA) is 12.9 Å². The van der Waals surface area contributed by atoms with E-state index in [9.17, 15) is 0 Å². The second-order valence-corrected chi connectivity index (χ2v) is 5.06. The summed E-state index contributed by atoms with van der Waals surface area (Å²) >= 11 is 0. The van der Waals surface area contributed by atoms with Crippen LogP contribution in [0.3, 0.4) is 0 Å². The molecule has 76 valence electrons. The van der Waals surface area contributed by atoms with E-state index in [0.29, 0.717) is 23.7 Å². The van der Waals surface area contributed by atoms with Crippen molar-refractivity contribution in [2.75, 3.05) is 0 Å². The van der Waals surface area contributed by atoms with Crippen LogP contribution in [0.15, 0.2) is 18.3 Å². The molecule has 1 nitrogen and oxygen atoms in total. The number of pyridine rings is 1. The molecular formula is C13H19N. The van der Waals surface area contributed by atoms with Gasteiger partial charge in [-0.05, 0) is 29.4 Å². The fraction of sp³-hybridized carbons (Fsp3) is 0.615. The molecule has 2 bridgehead atoms. The molecule has 0 saturated carbocycles. The quantitative estimate of drug-likeness (QED) is 0.693. The molecule has 0 aromatic carbocycles. The minimum Gasteiger partial charge on any atom is -0.261 e. The number of fused-ring (bicyclic) bond motifs is 3. The smallest absolute Gasteiger partial charge is 0.0443 e. The molecule has 2 unspecified atom stereocenters. The van der Waals surface area contributed by atoms with Crippen LogP contribution in [0, 0.1) is 11.8 Å². The Balaban J connectivity index is 2.43. The maximum absolute atomic E-state index is 4.50. The van der Waals surface area contributed by atoms with Crippen LogP contribution in [0.4, 0.5) is 0 Å². The summed E-state index contributed by atoms with van der Waals surface area (Å²) in [6.45, 7) is 9.24. The van der Waals surface area contributed by atoms with Gasteiger partial charge in [0.25, 0.3) is 0 Å². The molecule has 0 amide bonds. The van der Waals surface area contributed by atoms with Crippen molar-refractivity contribution in [1.82, 2.24) is 4.98 Å². The van der Waals surface area contributed by atoms with Crippen LogP contribution in [-0.2, 0) is 0 Å². The Morgan fingerprint density at radius 3 is 2.00 bits per heavy atom. The minimum atomic E-state index is 0.639. The van der Waals surface area contributed by atoms with Crippen molar-refractivity contribution in [3.63, 3.8) is 0 Å². The van der Waals surface area contributed by atoms with Gasteiger partial charge in [0.15, 0.2) is 0 Å². The largest absolute Gasteiger partial charge is 0.261 e. The monoisotopic (exact) mass is 189 g/mol. The Hall–Kier alpha value is -0.850. The summed E-state index contributed by atoms with van der Waals surface area (Å²) in [5.41, 5.74) is 2.71. The molecule has 1 aliphatic heterocycles. The molecule has 0 radical (unpaired) electrons. The van der Waals surface area contributed by atoms with Crippen LogP contribution in [-0.4, -0.2) is 4.98 Å².